The first-order chi connectivity index (χ1) is 7.83. The van der Waals surface area contributed by atoms with Crippen molar-refractivity contribution in [2.45, 2.75) is 32.8 Å². The van der Waals surface area contributed by atoms with E-state index < -0.39 is 11.6 Å². The highest BCUT2D eigenvalue weighted by molar-refractivity contribution is 5.78. The fourth-order valence-corrected chi connectivity index (χ4v) is 1.68. The average molecular weight is 242 g/mol. The van der Waals surface area contributed by atoms with Crippen LogP contribution in [0.2, 0.25) is 0 Å². The summed E-state index contributed by atoms with van der Waals surface area (Å²) >= 11 is 0. The van der Waals surface area contributed by atoms with Gasteiger partial charge in [0.05, 0.1) is 13.2 Å². The van der Waals surface area contributed by atoms with Gasteiger partial charge in [0.1, 0.15) is 0 Å². The van der Waals surface area contributed by atoms with Gasteiger partial charge < -0.3 is 9.84 Å². The largest absolute Gasteiger partial charge is 0.467 e. The maximum absolute atomic E-state index is 11.4. The molecule has 0 aromatic rings. The number of carbonyl (C=O) groups excluding carboxylic acids is 1. The molecule has 17 heavy (non-hydrogen) atoms. The third-order valence-electron chi connectivity index (χ3n) is 2.32. The van der Waals surface area contributed by atoms with Crippen molar-refractivity contribution in [3.05, 3.63) is 0 Å². The van der Waals surface area contributed by atoms with Gasteiger partial charge in [-0.25, -0.2) is 4.79 Å². The van der Waals surface area contributed by atoms with Crippen molar-refractivity contribution >= 4 is 5.97 Å². The molecule has 0 aliphatic heterocycles. The van der Waals surface area contributed by atoms with Crippen molar-refractivity contribution in [2.75, 3.05) is 26.7 Å². The SMILES string of the molecule is COC(=O)C(C)(O)CN(CCC#N)CC(C)C. The van der Waals surface area contributed by atoms with Crippen LogP contribution in [0.5, 0.6) is 0 Å². The van der Waals surface area contributed by atoms with E-state index in [1.54, 1.807) is 0 Å². The van der Waals surface area contributed by atoms with Crippen molar-refractivity contribution in [3.63, 3.8) is 0 Å². The van der Waals surface area contributed by atoms with Gasteiger partial charge in [-0.05, 0) is 12.8 Å². The Kier molecular flexibility index (Phi) is 6.78. The van der Waals surface area contributed by atoms with Crippen LogP contribution in [0.25, 0.3) is 0 Å². The van der Waals surface area contributed by atoms with Crippen molar-refractivity contribution < 1.29 is 14.6 Å². The van der Waals surface area contributed by atoms with Gasteiger partial charge in [0.2, 0.25) is 0 Å². The number of rotatable bonds is 7. The standard InChI is InChI=1S/C12H22N2O3/c1-10(2)8-14(7-5-6-13)9-12(3,16)11(15)17-4/h10,16H,5,7-9H2,1-4H3. The highest BCUT2D eigenvalue weighted by atomic mass is 16.5. The van der Waals surface area contributed by atoms with Crippen LogP contribution in [0.4, 0.5) is 0 Å². The molecule has 0 radical (unpaired) electrons. The molecule has 0 aliphatic carbocycles. The number of aliphatic hydroxyl groups is 1. The second-order valence-corrected chi connectivity index (χ2v) is 4.80. The summed E-state index contributed by atoms with van der Waals surface area (Å²) in [7, 11) is 1.25. The summed E-state index contributed by atoms with van der Waals surface area (Å²) in [5.41, 5.74) is -1.53. The maximum Gasteiger partial charge on any atom is 0.338 e. The lowest BCUT2D eigenvalue weighted by Gasteiger charge is -2.30. The number of hydrogen-bond acceptors (Lipinski definition) is 5. The van der Waals surface area contributed by atoms with Crippen LogP contribution in [0.15, 0.2) is 0 Å². The molecular weight excluding hydrogens is 220 g/mol. The van der Waals surface area contributed by atoms with Gasteiger partial charge in [0, 0.05) is 26.1 Å². The van der Waals surface area contributed by atoms with E-state index >= 15 is 0 Å². The van der Waals surface area contributed by atoms with Crippen LogP contribution < -0.4 is 0 Å². The Morgan fingerprint density at radius 3 is 2.59 bits per heavy atom. The van der Waals surface area contributed by atoms with Gasteiger partial charge in [-0.15, -0.1) is 0 Å². The lowest BCUT2D eigenvalue weighted by molar-refractivity contribution is -0.162. The molecule has 1 N–H and O–H groups in total. The van der Waals surface area contributed by atoms with Gasteiger partial charge in [-0.1, -0.05) is 13.8 Å². The summed E-state index contributed by atoms with van der Waals surface area (Å²) in [4.78, 5) is 13.3. The lowest BCUT2D eigenvalue weighted by atomic mass is 10.1. The van der Waals surface area contributed by atoms with Crippen LogP contribution in [0, 0.1) is 17.2 Å². The van der Waals surface area contributed by atoms with Crippen molar-refractivity contribution in [2.24, 2.45) is 5.92 Å². The van der Waals surface area contributed by atoms with Crippen molar-refractivity contribution in [1.29, 1.82) is 5.26 Å². The molecule has 0 spiro atoms. The van der Waals surface area contributed by atoms with E-state index in [4.69, 9.17) is 5.26 Å². The van der Waals surface area contributed by atoms with Crippen LogP contribution in [0.3, 0.4) is 0 Å². The molecule has 1 atom stereocenters. The first-order valence-corrected chi connectivity index (χ1v) is 5.73. The average Bonchev–Trinajstić information content (AvgIpc) is 2.23. The summed E-state index contributed by atoms with van der Waals surface area (Å²) in [6, 6.07) is 2.06. The summed E-state index contributed by atoms with van der Waals surface area (Å²) in [6.45, 7) is 6.98. The Morgan fingerprint density at radius 1 is 1.59 bits per heavy atom. The molecule has 0 aliphatic rings. The highest BCUT2D eigenvalue weighted by Gasteiger charge is 2.33. The van der Waals surface area contributed by atoms with Crippen LogP contribution in [0.1, 0.15) is 27.2 Å². The normalized spacial score (nSPS) is 14.5. The maximum atomic E-state index is 11.4. The fourth-order valence-electron chi connectivity index (χ4n) is 1.68. The van der Waals surface area contributed by atoms with Crippen LogP contribution >= 0.6 is 0 Å². The van der Waals surface area contributed by atoms with Crippen molar-refractivity contribution in [1.82, 2.24) is 4.90 Å². The predicted molar refractivity (Wildman–Crippen MR) is 64.1 cm³/mol. The molecule has 0 aromatic heterocycles. The van der Waals surface area contributed by atoms with Crippen LogP contribution in [-0.4, -0.2) is 48.3 Å². The summed E-state index contributed by atoms with van der Waals surface area (Å²) in [6.07, 6.45) is 0.379. The van der Waals surface area contributed by atoms with Crippen LogP contribution in [-0.2, 0) is 9.53 Å². The summed E-state index contributed by atoms with van der Waals surface area (Å²) < 4.78 is 4.54. The number of carbonyl (C=O) groups is 1. The third-order valence-corrected chi connectivity index (χ3v) is 2.32. The zero-order chi connectivity index (χ0) is 13.5. The Morgan fingerprint density at radius 2 is 2.18 bits per heavy atom. The molecule has 98 valence electrons. The van der Waals surface area contributed by atoms with E-state index in [1.807, 2.05) is 18.7 Å². The Bertz CT molecular complexity index is 282. The van der Waals surface area contributed by atoms with Gasteiger partial charge in [-0.2, -0.15) is 5.26 Å². The minimum atomic E-state index is -1.53. The first-order valence-electron chi connectivity index (χ1n) is 5.73. The molecule has 0 aromatic carbocycles. The molecule has 5 nitrogen and oxygen atoms in total. The molecular formula is C12H22N2O3. The van der Waals surface area contributed by atoms with Gasteiger partial charge >= 0.3 is 5.97 Å². The third kappa shape index (κ3) is 6.25. The second kappa shape index (κ2) is 7.25. The minimum absolute atomic E-state index is 0.180. The number of esters is 1. The number of nitrogens with zero attached hydrogens (tertiary/aromatic N) is 2. The Balaban J connectivity index is 4.50. The molecule has 0 saturated heterocycles. The van der Waals surface area contributed by atoms with E-state index in [1.165, 1.54) is 14.0 Å². The quantitative estimate of drug-likeness (QED) is 0.668. The topological polar surface area (TPSA) is 73.6 Å². The predicted octanol–water partition coefficient (Wildman–Crippen LogP) is 0.782. The highest BCUT2D eigenvalue weighted by Crippen LogP contribution is 2.11. The lowest BCUT2D eigenvalue weighted by Crippen LogP contribution is -2.48. The molecule has 0 amide bonds. The number of hydrogen-bond donors (Lipinski definition) is 1. The zero-order valence-electron chi connectivity index (χ0n) is 11.1. The molecule has 0 heterocycles. The second-order valence-electron chi connectivity index (χ2n) is 4.80. The van der Waals surface area contributed by atoms with Gasteiger partial charge in [-0.3, -0.25) is 4.90 Å². The summed E-state index contributed by atoms with van der Waals surface area (Å²) in [5.74, 6) is -0.245. The first kappa shape index (κ1) is 15.9. The number of nitriles is 1. The molecule has 0 saturated carbocycles. The molecule has 5 heteroatoms. The molecule has 1 unspecified atom stereocenters. The number of methoxy groups -OCH3 is 1. The molecule has 0 bridgehead atoms. The Hall–Kier alpha value is -1.12. The minimum Gasteiger partial charge on any atom is -0.467 e. The molecule has 0 fully saturated rings. The zero-order valence-corrected chi connectivity index (χ0v) is 11.1. The fraction of sp³-hybridized carbons (Fsp3) is 0.833. The Labute approximate surface area is 103 Å². The molecule has 0 rings (SSSR count). The van der Waals surface area contributed by atoms with E-state index in [-0.39, 0.29) is 6.54 Å². The van der Waals surface area contributed by atoms with Gasteiger partial charge in [0.15, 0.2) is 5.60 Å². The monoisotopic (exact) mass is 242 g/mol. The van der Waals surface area contributed by atoms with Crippen molar-refractivity contribution in [3.8, 4) is 6.07 Å². The van der Waals surface area contributed by atoms with E-state index in [9.17, 15) is 9.90 Å². The number of ether oxygens (including phenoxy) is 1. The van der Waals surface area contributed by atoms with Gasteiger partial charge in [0.25, 0.3) is 0 Å². The van der Waals surface area contributed by atoms with E-state index in [2.05, 4.69) is 10.8 Å². The van der Waals surface area contributed by atoms with E-state index in [0.29, 0.717) is 18.9 Å². The van der Waals surface area contributed by atoms with E-state index in [0.717, 1.165) is 6.54 Å². The smallest absolute Gasteiger partial charge is 0.338 e. The summed E-state index contributed by atoms with van der Waals surface area (Å²) in [5, 5.41) is 18.5.